The summed E-state index contributed by atoms with van der Waals surface area (Å²) in [6, 6.07) is 0. The number of H-pyrrole nitrogens is 1. The van der Waals surface area contributed by atoms with E-state index in [9.17, 15) is 8.42 Å². The number of nitrogens with zero attached hydrogens (tertiary/aromatic N) is 2. The molecule has 0 spiro atoms. The van der Waals surface area contributed by atoms with Crippen molar-refractivity contribution in [3.8, 4) is 0 Å². The molecule has 0 bridgehead atoms. The third kappa shape index (κ3) is 2.19. The fourth-order valence-corrected chi connectivity index (χ4v) is 1.11. The maximum Gasteiger partial charge on any atom is 0.255 e. The number of aromatic nitrogens is 3. The van der Waals surface area contributed by atoms with Gasteiger partial charge in [-0.15, -0.1) is 5.10 Å². The van der Waals surface area contributed by atoms with Crippen LogP contribution in [0.2, 0.25) is 0 Å². The van der Waals surface area contributed by atoms with Crippen LogP contribution in [0, 0.1) is 6.92 Å². The molecule has 7 heteroatoms. The molecular weight excluding hydrogens is 180 g/mol. The topological polar surface area (TPSA) is 87.7 Å². The van der Waals surface area contributed by atoms with Crippen molar-refractivity contribution < 1.29 is 8.42 Å². The number of hydrogen-bond donors (Lipinski definition) is 2. The largest absolute Gasteiger partial charge is 0.261 e. The summed E-state index contributed by atoms with van der Waals surface area (Å²) in [6.45, 7) is 3.23. The fourth-order valence-electron chi connectivity index (χ4n) is 0.600. The first-order chi connectivity index (χ1) is 5.53. The second-order valence-corrected chi connectivity index (χ2v) is 4.26. The highest BCUT2D eigenvalue weighted by molar-refractivity contribution is 7.92. The van der Waals surface area contributed by atoms with Gasteiger partial charge in [0.1, 0.15) is 5.82 Å². The van der Waals surface area contributed by atoms with Crippen molar-refractivity contribution in [2.45, 2.75) is 13.8 Å². The minimum absolute atomic E-state index is 0.0145. The van der Waals surface area contributed by atoms with Crippen LogP contribution in [0.25, 0.3) is 0 Å². The van der Waals surface area contributed by atoms with Crippen molar-refractivity contribution in [3.05, 3.63) is 5.82 Å². The molecule has 2 N–H and O–H groups in total. The molecule has 1 heterocycles. The molecule has 0 amide bonds. The van der Waals surface area contributed by atoms with Gasteiger partial charge in [0.05, 0.1) is 5.75 Å². The van der Waals surface area contributed by atoms with Gasteiger partial charge in [0.2, 0.25) is 10.0 Å². The first kappa shape index (κ1) is 8.98. The number of aryl methyl sites for hydroxylation is 1. The number of hydrogen-bond acceptors (Lipinski definition) is 4. The van der Waals surface area contributed by atoms with Crippen molar-refractivity contribution in [2.75, 3.05) is 10.5 Å². The zero-order chi connectivity index (χ0) is 9.19. The Labute approximate surface area is 70.5 Å². The summed E-state index contributed by atoms with van der Waals surface area (Å²) in [7, 11) is -3.25. The number of sulfonamides is 1. The average molecular weight is 190 g/mol. The van der Waals surface area contributed by atoms with E-state index < -0.39 is 10.0 Å². The lowest BCUT2D eigenvalue weighted by Crippen LogP contribution is -2.15. The van der Waals surface area contributed by atoms with Crippen molar-refractivity contribution in [2.24, 2.45) is 0 Å². The Morgan fingerprint density at radius 2 is 2.25 bits per heavy atom. The van der Waals surface area contributed by atoms with E-state index in [0.29, 0.717) is 5.82 Å². The van der Waals surface area contributed by atoms with Crippen LogP contribution in [-0.4, -0.2) is 29.4 Å². The second-order valence-electron chi connectivity index (χ2n) is 2.25. The van der Waals surface area contributed by atoms with Gasteiger partial charge in [-0.05, 0) is 13.8 Å². The van der Waals surface area contributed by atoms with E-state index in [-0.39, 0.29) is 11.7 Å². The molecular formula is C5H10N4O2S. The minimum Gasteiger partial charge on any atom is -0.261 e. The Morgan fingerprint density at radius 1 is 1.58 bits per heavy atom. The smallest absolute Gasteiger partial charge is 0.255 e. The lowest BCUT2D eigenvalue weighted by Gasteiger charge is -1.98. The van der Waals surface area contributed by atoms with Gasteiger partial charge < -0.3 is 0 Å². The summed E-state index contributed by atoms with van der Waals surface area (Å²) in [5.74, 6) is 0.679. The van der Waals surface area contributed by atoms with Gasteiger partial charge in [0, 0.05) is 0 Å². The highest BCUT2D eigenvalue weighted by Crippen LogP contribution is 2.00. The zero-order valence-corrected chi connectivity index (χ0v) is 7.64. The molecule has 0 fully saturated rings. The highest BCUT2D eigenvalue weighted by atomic mass is 32.2. The van der Waals surface area contributed by atoms with Gasteiger partial charge >= 0.3 is 0 Å². The molecule has 0 aliphatic rings. The SMILES string of the molecule is CCS(=O)(=O)Nc1n[nH]c(C)n1. The molecule has 0 aromatic carbocycles. The van der Waals surface area contributed by atoms with Crippen LogP contribution in [0.5, 0.6) is 0 Å². The Hall–Kier alpha value is -1.11. The summed E-state index contributed by atoms with van der Waals surface area (Å²) in [5.41, 5.74) is 0. The molecule has 1 rings (SSSR count). The van der Waals surface area contributed by atoms with E-state index in [1.807, 2.05) is 0 Å². The van der Waals surface area contributed by atoms with Crippen LogP contribution >= 0.6 is 0 Å². The molecule has 68 valence electrons. The number of nitrogens with one attached hydrogen (secondary N) is 2. The van der Waals surface area contributed by atoms with Crippen molar-refractivity contribution >= 4 is 16.0 Å². The quantitative estimate of drug-likeness (QED) is 0.695. The van der Waals surface area contributed by atoms with Crippen molar-refractivity contribution in [1.29, 1.82) is 0 Å². The Kier molecular flexibility index (Phi) is 2.32. The highest BCUT2D eigenvalue weighted by Gasteiger charge is 2.09. The predicted molar refractivity (Wildman–Crippen MR) is 44.2 cm³/mol. The third-order valence-electron chi connectivity index (χ3n) is 1.22. The summed E-state index contributed by atoms with van der Waals surface area (Å²) in [6.07, 6.45) is 0. The van der Waals surface area contributed by atoms with Gasteiger partial charge in [-0.2, -0.15) is 4.98 Å². The van der Waals surface area contributed by atoms with Gasteiger partial charge in [-0.3, -0.25) is 5.10 Å². The van der Waals surface area contributed by atoms with E-state index in [1.165, 1.54) is 0 Å². The van der Waals surface area contributed by atoms with Crippen LogP contribution in [0.4, 0.5) is 5.95 Å². The van der Waals surface area contributed by atoms with Crippen molar-refractivity contribution in [1.82, 2.24) is 15.2 Å². The molecule has 12 heavy (non-hydrogen) atoms. The van der Waals surface area contributed by atoms with Crippen LogP contribution in [0.15, 0.2) is 0 Å². The monoisotopic (exact) mass is 190 g/mol. The second kappa shape index (κ2) is 3.10. The molecule has 0 saturated carbocycles. The minimum atomic E-state index is -3.25. The Morgan fingerprint density at radius 3 is 2.67 bits per heavy atom. The summed E-state index contributed by atoms with van der Waals surface area (Å²) >= 11 is 0. The van der Waals surface area contributed by atoms with Gasteiger partial charge in [0.25, 0.3) is 5.95 Å². The number of aromatic amines is 1. The standard InChI is InChI=1S/C5H10N4O2S/c1-3-12(10,11)9-5-6-4(2)7-8-5/h3H2,1-2H3,(H2,6,7,8,9). The fraction of sp³-hybridized carbons (Fsp3) is 0.600. The molecule has 0 radical (unpaired) electrons. The first-order valence-electron chi connectivity index (χ1n) is 3.43. The molecule has 0 atom stereocenters. The molecule has 0 unspecified atom stereocenters. The maximum atomic E-state index is 11.0. The zero-order valence-electron chi connectivity index (χ0n) is 6.83. The van der Waals surface area contributed by atoms with E-state index in [4.69, 9.17) is 0 Å². The van der Waals surface area contributed by atoms with Gasteiger partial charge in [0.15, 0.2) is 0 Å². The normalized spacial score (nSPS) is 11.5. The molecule has 1 aromatic heterocycles. The van der Waals surface area contributed by atoms with Crippen LogP contribution in [0.1, 0.15) is 12.7 Å². The lowest BCUT2D eigenvalue weighted by molar-refractivity contribution is 0.602. The number of anilines is 1. The Balaban J connectivity index is 2.77. The predicted octanol–water partition coefficient (Wildman–Crippen LogP) is -0.125. The lowest BCUT2D eigenvalue weighted by atomic mass is 10.8. The van der Waals surface area contributed by atoms with Crippen LogP contribution in [-0.2, 0) is 10.0 Å². The first-order valence-corrected chi connectivity index (χ1v) is 5.08. The average Bonchev–Trinajstić information content (AvgIpc) is 2.35. The van der Waals surface area contributed by atoms with Gasteiger partial charge in [-0.1, -0.05) is 0 Å². The van der Waals surface area contributed by atoms with Gasteiger partial charge in [-0.25, -0.2) is 13.1 Å². The molecule has 6 nitrogen and oxygen atoms in total. The third-order valence-corrected chi connectivity index (χ3v) is 2.48. The van der Waals surface area contributed by atoms with Crippen LogP contribution in [0.3, 0.4) is 0 Å². The Bertz CT molecular complexity index is 355. The van der Waals surface area contributed by atoms with E-state index in [1.54, 1.807) is 13.8 Å². The van der Waals surface area contributed by atoms with E-state index in [0.717, 1.165) is 0 Å². The summed E-state index contributed by atoms with van der Waals surface area (Å²) in [4.78, 5) is 3.79. The van der Waals surface area contributed by atoms with Crippen LogP contribution < -0.4 is 4.72 Å². The summed E-state index contributed by atoms with van der Waals surface area (Å²) < 4.78 is 24.2. The van der Waals surface area contributed by atoms with E-state index in [2.05, 4.69) is 19.9 Å². The molecule has 0 saturated heterocycles. The number of rotatable bonds is 3. The van der Waals surface area contributed by atoms with E-state index >= 15 is 0 Å². The molecule has 0 aliphatic carbocycles. The maximum absolute atomic E-state index is 11.0. The molecule has 0 aliphatic heterocycles. The summed E-state index contributed by atoms with van der Waals surface area (Å²) in [5, 5.41) is 6.15. The molecule has 1 aromatic rings. The van der Waals surface area contributed by atoms with Crippen molar-refractivity contribution in [3.63, 3.8) is 0 Å².